The van der Waals surface area contributed by atoms with Crippen molar-refractivity contribution in [2.24, 2.45) is 5.92 Å². The van der Waals surface area contributed by atoms with E-state index in [1.165, 1.54) is 11.8 Å². The Balaban J connectivity index is 1.45. The van der Waals surface area contributed by atoms with E-state index in [0.29, 0.717) is 17.1 Å². The third-order valence-electron chi connectivity index (χ3n) is 4.58. The number of fused-ring (bicyclic) bond motifs is 1. The van der Waals surface area contributed by atoms with Gasteiger partial charge in [-0.15, -0.1) is 11.3 Å². The quantitative estimate of drug-likeness (QED) is 0.341. The number of thioether (sulfide) groups is 1. The number of anilines is 2. The Hall–Kier alpha value is -3.16. The first kappa shape index (κ1) is 21.1. The summed E-state index contributed by atoms with van der Waals surface area (Å²) in [6.45, 7) is 0. The van der Waals surface area contributed by atoms with Crippen LogP contribution in [-0.4, -0.2) is 22.6 Å². The first-order chi connectivity index (χ1) is 15.2. The molecule has 0 saturated carbocycles. The first-order valence-electron chi connectivity index (χ1n) is 9.86. The fourth-order valence-corrected chi connectivity index (χ4v) is 5.22. The van der Waals surface area contributed by atoms with Crippen LogP contribution >= 0.6 is 23.1 Å². The summed E-state index contributed by atoms with van der Waals surface area (Å²) < 4.78 is 2.00. The van der Waals surface area contributed by atoms with E-state index in [-0.39, 0.29) is 18.2 Å². The molecule has 4 rings (SSSR count). The first-order valence-corrected chi connectivity index (χ1v) is 11.7. The predicted molar refractivity (Wildman–Crippen MR) is 129 cm³/mol. The highest BCUT2D eigenvalue weighted by Crippen LogP contribution is 2.31. The Labute approximate surface area is 188 Å². The summed E-state index contributed by atoms with van der Waals surface area (Å²) in [4.78, 5) is 30.2. The Morgan fingerprint density at radius 3 is 2.13 bits per heavy atom. The number of amides is 2. The van der Waals surface area contributed by atoms with Gasteiger partial charge in [0.15, 0.2) is 4.34 Å². The molecule has 5 nitrogen and oxygen atoms in total. The van der Waals surface area contributed by atoms with Gasteiger partial charge in [0.1, 0.15) is 0 Å². The molecule has 0 aliphatic rings. The molecule has 0 saturated heterocycles. The van der Waals surface area contributed by atoms with E-state index in [9.17, 15) is 9.59 Å². The van der Waals surface area contributed by atoms with Crippen LogP contribution < -0.4 is 10.6 Å². The molecule has 0 aliphatic heterocycles. The summed E-state index contributed by atoms with van der Waals surface area (Å²) in [5.74, 6) is -0.408. The number of nitrogens with zero attached hydrogens (tertiary/aromatic N) is 1. The maximum atomic E-state index is 13.0. The van der Waals surface area contributed by atoms with Crippen molar-refractivity contribution in [3.8, 4) is 0 Å². The van der Waals surface area contributed by atoms with Crippen molar-refractivity contribution in [3.05, 3.63) is 84.9 Å². The summed E-state index contributed by atoms with van der Waals surface area (Å²) in [7, 11) is 0. The topological polar surface area (TPSA) is 71.1 Å². The van der Waals surface area contributed by atoms with Crippen LogP contribution in [0.3, 0.4) is 0 Å². The SMILES string of the molecule is O=C(CC(CSc1nc2ccccc2s1)C(=O)Nc1ccccc1)Nc1ccccc1. The zero-order valence-corrected chi connectivity index (χ0v) is 18.3. The summed E-state index contributed by atoms with van der Waals surface area (Å²) in [6, 6.07) is 26.5. The van der Waals surface area contributed by atoms with E-state index < -0.39 is 5.92 Å². The second-order valence-corrected chi connectivity index (χ2v) is 9.23. The lowest BCUT2D eigenvalue weighted by Crippen LogP contribution is -2.29. The highest BCUT2D eigenvalue weighted by atomic mass is 32.2. The molecule has 1 unspecified atom stereocenters. The molecule has 156 valence electrons. The van der Waals surface area contributed by atoms with Gasteiger partial charge < -0.3 is 10.6 Å². The predicted octanol–water partition coefficient (Wildman–Crippen LogP) is 5.67. The van der Waals surface area contributed by atoms with Gasteiger partial charge in [-0.3, -0.25) is 9.59 Å². The molecule has 31 heavy (non-hydrogen) atoms. The van der Waals surface area contributed by atoms with Crippen LogP contribution in [-0.2, 0) is 9.59 Å². The highest BCUT2D eigenvalue weighted by Gasteiger charge is 2.23. The van der Waals surface area contributed by atoms with Crippen LogP contribution in [0, 0.1) is 5.92 Å². The summed E-state index contributed by atoms with van der Waals surface area (Å²) in [5, 5.41) is 5.79. The number of nitrogens with one attached hydrogen (secondary N) is 2. The molecular weight excluding hydrogens is 426 g/mol. The molecule has 1 aromatic heterocycles. The molecule has 0 radical (unpaired) electrons. The van der Waals surface area contributed by atoms with Crippen molar-refractivity contribution in [1.82, 2.24) is 4.98 Å². The molecule has 7 heteroatoms. The average Bonchev–Trinajstić information content (AvgIpc) is 3.21. The Kier molecular flexibility index (Phi) is 6.96. The smallest absolute Gasteiger partial charge is 0.228 e. The number of thiazole rings is 1. The molecule has 0 fully saturated rings. The average molecular weight is 448 g/mol. The lowest BCUT2D eigenvalue weighted by Gasteiger charge is -2.16. The largest absolute Gasteiger partial charge is 0.326 e. The van der Waals surface area contributed by atoms with E-state index in [0.717, 1.165) is 14.6 Å². The number of rotatable bonds is 8. The van der Waals surface area contributed by atoms with Crippen LogP contribution in [0.2, 0.25) is 0 Å². The second kappa shape index (κ2) is 10.2. The van der Waals surface area contributed by atoms with E-state index in [4.69, 9.17) is 0 Å². The minimum absolute atomic E-state index is 0.0887. The molecule has 4 aromatic rings. The van der Waals surface area contributed by atoms with Crippen molar-refractivity contribution < 1.29 is 9.59 Å². The lowest BCUT2D eigenvalue weighted by molar-refractivity contribution is -0.124. The van der Waals surface area contributed by atoms with Crippen molar-refractivity contribution in [2.45, 2.75) is 10.8 Å². The molecular formula is C24H21N3O2S2. The van der Waals surface area contributed by atoms with Crippen molar-refractivity contribution >= 4 is 56.5 Å². The number of para-hydroxylation sites is 3. The number of carbonyl (C=O) groups is 2. The van der Waals surface area contributed by atoms with Crippen molar-refractivity contribution in [3.63, 3.8) is 0 Å². The summed E-state index contributed by atoms with van der Waals surface area (Å²) >= 11 is 3.10. The fraction of sp³-hybridized carbons (Fsp3) is 0.125. The third-order valence-corrected chi connectivity index (χ3v) is 6.93. The zero-order valence-electron chi connectivity index (χ0n) is 16.7. The molecule has 1 heterocycles. The number of aromatic nitrogens is 1. The minimum atomic E-state index is -0.499. The number of carbonyl (C=O) groups excluding carboxylic acids is 2. The second-order valence-electron chi connectivity index (χ2n) is 6.93. The fourth-order valence-electron chi connectivity index (χ4n) is 3.04. The maximum Gasteiger partial charge on any atom is 0.228 e. The molecule has 3 aromatic carbocycles. The summed E-state index contributed by atoms with van der Waals surface area (Å²) in [5.41, 5.74) is 2.38. The molecule has 1 atom stereocenters. The highest BCUT2D eigenvalue weighted by molar-refractivity contribution is 8.01. The van der Waals surface area contributed by atoms with Crippen LogP contribution in [0.1, 0.15) is 6.42 Å². The van der Waals surface area contributed by atoms with Gasteiger partial charge in [-0.1, -0.05) is 60.3 Å². The molecule has 2 amide bonds. The van der Waals surface area contributed by atoms with Crippen molar-refractivity contribution in [1.29, 1.82) is 0 Å². The minimum Gasteiger partial charge on any atom is -0.326 e. The van der Waals surface area contributed by atoms with E-state index in [1.54, 1.807) is 11.3 Å². The Bertz CT molecular complexity index is 1130. The van der Waals surface area contributed by atoms with Gasteiger partial charge in [-0.2, -0.15) is 0 Å². The Morgan fingerprint density at radius 2 is 1.45 bits per heavy atom. The van der Waals surface area contributed by atoms with Gasteiger partial charge in [-0.05, 0) is 36.4 Å². The molecule has 0 spiro atoms. The van der Waals surface area contributed by atoms with Crippen LogP contribution in [0.25, 0.3) is 10.2 Å². The van der Waals surface area contributed by atoms with Gasteiger partial charge in [0.25, 0.3) is 0 Å². The van der Waals surface area contributed by atoms with Gasteiger partial charge in [0.2, 0.25) is 11.8 Å². The van der Waals surface area contributed by atoms with Crippen molar-refractivity contribution in [2.75, 3.05) is 16.4 Å². The van der Waals surface area contributed by atoms with Gasteiger partial charge in [-0.25, -0.2) is 4.98 Å². The third kappa shape index (κ3) is 5.93. The maximum absolute atomic E-state index is 13.0. The monoisotopic (exact) mass is 447 g/mol. The van der Waals surface area contributed by atoms with E-state index >= 15 is 0 Å². The lowest BCUT2D eigenvalue weighted by atomic mass is 10.1. The summed E-state index contributed by atoms with van der Waals surface area (Å²) in [6.07, 6.45) is 0.0887. The number of hydrogen-bond donors (Lipinski definition) is 2. The molecule has 0 bridgehead atoms. The van der Waals surface area contributed by atoms with Crippen LogP contribution in [0.4, 0.5) is 11.4 Å². The molecule has 0 aliphatic carbocycles. The van der Waals surface area contributed by atoms with Crippen LogP contribution in [0.5, 0.6) is 0 Å². The molecule has 2 N–H and O–H groups in total. The standard InChI is InChI=1S/C24H21N3O2S2/c28-22(25-18-9-3-1-4-10-18)15-17(23(29)26-19-11-5-2-6-12-19)16-30-24-27-20-13-7-8-14-21(20)31-24/h1-14,17H,15-16H2,(H,25,28)(H,26,29). The normalized spacial score (nSPS) is 11.7. The Morgan fingerprint density at radius 1 is 0.839 bits per heavy atom. The van der Waals surface area contributed by atoms with E-state index in [1.807, 2.05) is 84.9 Å². The number of benzene rings is 3. The van der Waals surface area contributed by atoms with Gasteiger partial charge >= 0.3 is 0 Å². The van der Waals surface area contributed by atoms with Gasteiger partial charge in [0, 0.05) is 23.5 Å². The zero-order chi connectivity index (χ0) is 21.5. The van der Waals surface area contributed by atoms with Gasteiger partial charge in [0.05, 0.1) is 16.1 Å². The number of hydrogen-bond acceptors (Lipinski definition) is 5. The van der Waals surface area contributed by atoms with E-state index in [2.05, 4.69) is 15.6 Å². The van der Waals surface area contributed by atoms with Crippen LogP contribution in [0.15, 0.2) is 89.3 Å².